The van der Waals surface area contributed by atoms with Crippen molar-refractivity contribution in [2.75, 3.05) is 0 Å². The van der Waals surface area contributed by atoms with Gasteiger partial charge >= 0.3 is 0 Å². The summed E-state index contributed by atoms with van der Waals surface area (Å²) in [4.78, 5) is 12.5. The third-order valence-corrected chi connectivity index (χ3v) is 4.23. The van der Waals surface area contributed by atoms with Crippen LogP contribution in [0.15, 0.2) is 28.2 Å². The largest absolute Gasteiger partial charge is 0.357 e. The fraction of sp³-hybridized carbons (Fsp3) is 0.471. The molecule has 20 heavy (non-hydrogen) atoms. The summed E-state index contributed by atoms with van der Waals surface area (Å²) < 4.78 is 6.93. The lowest BCUT2D eigenvalue weighted by atomic mass is 9.89. The number of Topliss-reactive ketones (excluding diaryl/α,β-unsaturated/α-hetero) is 1. The van der Waals surface area contributed by atoms with Crippen molar-refractivity contribution in [2.45, 2.75) is 52.2 Å². The molecule has 2 nitrogen and oxygen atoms in total. The smallest absolute Gasteiger partial charge is 0.192 e. The maximum Gasteiger partial charge on any atom is 0.192 e. The van der Waals surface area contributed by atoms with E-state index in [0.717, 1.165) is 22.0 Å². The third-order valence-electron chi connectivity index (χ3n) is 3.74. The number of carbonyl (C=O) groups excluding carboxylic acids is 1. The Balaban J connectivity index is 2.55. The molecule has 0 radical (unpaired) electrons. The molecule has 1 fully saturated rings. The van der Waals surface area contributed by atoms with Crippen LogP contribution in [0.2, 0.25) is 0 Å². The van der Waals surface area contributed by atoms with Gasteiger partial charge in [-0.05, 0) is 63.5 Å². The molecule has 1 aromatic carbocycles. The molecule has 1 aliphatic heterocycles. The van der Waals surface area contributed by atoms with E-state index in [9.17, 15) is 4.79 Å². The molecule has 0 saturated carbocycles. The van der Waals surface area contributed by atoms with Crippen LogP contribution < -0.4 is 0 Å². The number of hydrogen-bond acceptors (Lipinski definition) is 2. The molecule has 2 rings (SSSR count). The second kappa shape index (κ2) is 5.12. The van der Waals surface area contributed by atoms with Gasteiger partial charge in [-0.3, -0.25) is 4.79 Å². The molecule has 0 unspecified atom stereocenters. The van der Waals surface area contributed by atoms with Gasteiger partial charge in [0.2, 0.25) is 0 Å². The lowest BCUT2D eigenvalue weighted by Crippen LogP contribution is -2.29. The van der Waals surface area contributed by atoms with Crippen molar-refractivity contribution < 1.29 is 9.53 Å². The molecule has 0 spiro atoms. The minimum absolute atomic E-state index is 0.0736. The van der Waals surface area contributed by atoms with Crippen molar-refractivity contribution in [3.8, 4) is 0 Å². The molecule has 0 N–H and O–H groups in total. The Labute approximate surface area is 129 Å². The van der Waals surface area contributed by atoms with Crippen molar-refractivity contribution in [2.24, 2.45) is 0 Å². The highest BCUT2D eigenvalue weighted by Crippen LogP contribution is 2.40. The molecule has 0 aromatic heterocycles. The highest BCUT2D eigenvalue weighted by Gasteiger charge is 2.49. The quantitative estimate of drug-likeness (QED) is 0.740. The van der Waals surface area contributed by atoms with Crippen LogP contribution in [0.5, 0.6) is 0 Å². The summed E-state index contributed by atoms with van der Waals surface area (Å²) in [5.41, 5.74) is 1.77. The lowest BCUT2D eigenvalue weighted by Gasteiger charge is -2.22. The van der Waals surface area contributed by atoms with Crippen molar-refractivity contribution in [3.05, 3.63) is 39.4 Å². The van der Waals surface area contributed by atoms with Crippen LogP contribution in [0.4, 0.5) is 0 Å². The van der Waals surface area contributed by atoms with Gasteiger partial charge in [-0.1, -0.05) is 28.9 Å². The Morgan fingerprint density at radius 1 is 1.20 bits per heavy atom. The number of benzene rings is 1. The van der Waals surface area contributed by atoms with E-state index in [0.29, 0.717) is 0 Å². The number of rotatable bonds is 2. The van der Waals surface area contributed by atoms with Crippen molar-refractivity contribution in [1.82, 2.24) is 0 Å². The van der Waals surface area contributed by atoms with Crippen LogP contribution in [0, 0.1) is 0 Å². The predicted octanol–water partition coefficient (Wildman–Crippen LogP) is 4.55. The van der Waals surface area contributed by atoms with Gasteiger partial charge in [0.25, 0.3) is 0 Å². The molecule has 1 heterocycles. The van der Waals surface area contributed by atoms with Gasteiger partial charge in [-0.25, -0.2) is 0 Å². The molecule has 0 bridgehead atoms. The first kappa shape index (κ1) is 15.5. The average Bonchev–Trinajstić information content (AvgIpc) is 2.48. The number of aryl methyl sites for hydroxylation is 1. The molecule has 0 aliphatic carbocycles. The summed E-state index contributed by atoms with van der Waals surface area (Å²) in [7, 11) is 0. The summed E-state index contributed by atoms with van der Waals surface area (Å²) in [5.74, 6) is 0.0736. The maximum absolute atomic E-state index is 12.5. The normalized spacial score (nSPS) is 22.5. The highest BCUT2D eigenvalue weighted by atomic mass is 79.9. The van der Waals surface area contributed by atoms with E-state index in [-0.39, 0.29) is 5.78 Å². The summed E-state index contributed by atoms with van der Waals surface area (Å²) in [6, 6.07) is 6.18. The summed E-state index contributed by atoms with van der Waals surface area (Å²) >= 11 is 3.50. The van der Waals surface area contributed by atoms with E-state index in [1.54, 1.807) is 0 Å². The Morgan fingerprint density at radius 2 is 1.85 bits per heavy atom. The molecule has 1 aromatic rings. The minimum Gasteiger partial charge on any atom is -0.357 e. The van der Waals surface area contributed by atoms with E-state index in [1.165, 1.54) is 5.56 Å². The van der Waals surface area contributed by atoms with E-state index in [4.69, 9.17) is 4.74 Å². The van der Waals surface area contributed by atoms with E-state index in [2.05, 4.69) is 35.0 Å². The Morgan fingerprint density at radius 3 is 2.35 bits per heavy atom. The third kappa shape index (κ3) is 2.75. The van der Waals surface area contributed by atoms with Gasteiger partial charge < -0.3 is 4.74 Å². The minimum atomic E-state index is -0.742. The Hall–Kier alpha value is -0.930. The Kier molecular flexibility index (Phi) is 3.96. The second-order valence-corrected chi connectivity index (χ2v) is 7.12. The molecule has 3 heteroatoms. The molecular weight excluding hydrogens is 316 g/mol. The highest BCUT2D eigenvalue weighted by molar-refractivity contribution is 9.10. The molecule has 1 aliphatic rings. The molecule has 1 saturated heterocycles. The zero-order chi connectivity index (χ0) is 15.1. The van der Waals surface area contributed by atoms with Gasteiger partial charge in [0, 0.05) is 10.0 Å². The fourth-order valence-electron chi connectivity index (χ4n) is 2.75. The monoisotopic (exact) mass is 336 g/mol. The van der Waals surface area contributed by atoms with Crippen LogP contribution in [-0.2, 0) is 16.0 Å². The van der Waals surface area contributed by atoms with Crippen LogP contribution in [0.3, 0.4) is 0 Å². The fourth-order valence-corrected chi connectivity index (χ4v) is 3.13. The summed E-state index contributed by atoms with van der Waals surface area (Å²) in [6.45, 7) is 9.69. The topological polar surface area (TPSA) is 26.3 Å². The summed E-state index contributed by atoms with van der Waals surface area (Å²) in [6.07, 6.45) is 2.92. The second-order valence-electron chi connectivity index (χ2n) is 6.21. The van der Waals surface area contributed by atoms with E-state index in [1.807, 2.05) is 39.8 Å². The zero-order valence-electron chi connectivity index (χ0n) is 12.7. The molecule has 0 amide bonds. The van der Waals surface area contributed by atoms with Crippen LogP contribution in [0.25, 0.3) is 6.08 Å². The van der Waals surface area contributed by atoms with Crippen molar-refractivity contribution in [1.29, 1.82) is 0 Å². The van der Waals surface area contributed by atoms with Crippen LogP contribution in [0.1, 0.15) is 45.7 Å². The van der Waals surface area contributed by atoms with Gasteiger partial charge in [0.1, 0.15) is 5.60 Å². The summed E-state index contributed by atoms with van der Waals surface area (Å²) in [5, 5.41) is 0. The maximum atomic E-state index is 12.5. The SMILES string of the molecule is CCc1ccc(Br)cc1/C=C1\C(=O)C(C)(C)OC1(C)C. The standard InChI is InChI=1S/C17H21BrO2/c1-6-11-7-8-13(18)9-12(11)10-14-15(19)17(4,5)20-16(14,2)3/h7-10H,6H2,1-5H3/b14-10+. The van der Waals surface area contributed by atoms with E-state index < -0.39 is 11.2 Å². The number of carbonyl (C=O) groups is 1. The molecular formula is C17H21BrO2. The van der Waals surface area contributed by atoms with E-state index >= 15 is 0 Å². The number of hydrogen-bond donors (Lipinski definition) is 0. The van der Waals surface area contributed by atoms with Gasteiger partial charge in [-0.15, -0.1) is 0 Å². The lowest BCUT2D eigenvalue weighted by molar-refractivity contribution is -0.132. The molecule has 108 valence electrons. The Bertz CT molecular complexity index is 583. The van der Waals surface area contributed by atoms with Crippen molar-refractivity contribution >= 4 is 27.8 Å². The van der Waals surface area contributed by atoms with Crippen LogP contribution >= 0.6 is 15.9 Å². The first-order chi connectivity index (χ1) is 9.17. The van der Waals surface area contributed by atoms with Gasteiger partial charge in [-0.2, -0.15) is 0 Å². The predicted molar refractivity (Wildman–Crippen MR) is 85.7 cm³/mol. The van der Waals surface area contributed by atoms with Gasteiger partial charge in [0.15, 0.2) is 5.78 Å². The first-order valence-electron chi connectivity index (χ1n) is 6.93. The van der Waals surface area contributed by atoms with Crippen LogP contribution in [-0.4, -0.2) is 17.0 Å². The van der Waals surface area contributed by atoms with Crippen molar-refractivity contribution in [3.63, 3.8) is 0 Å². The average molecular weight is 337 g/mol. The number of halogens is 1. The molecule has 0 atom stereocenters. The number of ether oxygens (including phenoxy) is 1. The zero-order valence-corrected chi connectivity index (χ0v) is 14.3. The number of ketones is 1. The van der Waals surface area contributed by atoms with Gasteiger partial charge in [0.05, 0.1) is 5.60 Å². The first-order valence-corrected chi connectivity index (χ1v) is 7.72.